The van der Waals surface area contributed by atoms with Crippen LogP contribution in [0, 0.1) is 0 Å². The Labute approximate surface area is 89.4 Å². The Bertz CT molecular complexity index is 329. The SMILES string of the molecule is C=CCC(C)(C=O)c1ccc(Cl)cc1. The van der Waals surface area contributed by atoms with Gasteiger partial charge in [-0.1, -0.05) is 29.8 Å². The molecule has 0 N–H and O–H groups in total. The van der Waals surface area contributed by atoms with Crippen LogP contribution in [0.25, 0.3) is 0 Å². The van der Waals surface area contributed by atoms with E-state index in [0.29, 0.717) is 11.4 Å². The third-order valence-corrected chi connectivity index (χ3v) is 2.58. The van der Waals surface area contributed by atoms with Crippen LogP contribution in [0.5, 0.6) is 0 Å². The van der Waals surface area contributed by atoms with E-state index in [2.05, 4.69) is 6.58 Å². The summed E-state index contributed by atoms with van der Waals surface area (Å²) < 4.78 is 0. The van der Waals surface area contributed by atoms with Crippen LogP contribution in [0.15, 0.2) is 36.9 Å². The molecule has 74 valence electrons. The predicted molar refractivity (Wildman–Crippen MR) is 59.7 cm³/mol. The molecule has 0 radical (unpaired) electrons. The summed E-state index contributed by atoms with van der Waals surface area (Å²) in [5.41, 5.74) is 0.489. The zero-order valence-corrected chi connectivity index (χ0v) is 8.92. The number of rotatable bonds is 4. The third kappa shape index (κ3) is 2.24. The molecule has 1 unspecified atom stereocenters. The summed E-state index contributed by atoms with van der Waals surface area (Å²) in [5.74, 6) is 0. The molecule has 1 nitrogen and oxygen atoms in total. The maximum atomic E-state index is 11.0. The number of carbonyl (C=O) groups excluding carboxylic acids is 1. The molecule has 1 aromatic rings. The van der Waals surface area contributed by atoms with Crippen molar-refractivity contribution in [2.45, 2.75) is 18.8 Å². The molecule has 0 aromatic heterocycles. The van der Waals surface area contributed by atoms with Crippen LogP contribution in [0.2, 0.25) is 5.02 Å². The molecule has 1 atom stereocenters. The fourth-order valence-corrected chi connectivity index (χ4v) is 1.49. The average molecular weight is 209 g/mol. The van der Waals surface area contributed by atoms with Gasteiger partial charge in [-0.3, -0.25) is 0 Å². The van der Waals surface area contributed by atoms with Crippen LogP contribution in [-0.4, -0.2) is 6.29 Å². The zero-order valence-electron chi connectivity index (χ0n) is 8.16. The van der Waals surface area contributed by atoms with Gasteiger partial charge in [0, 0.05) is 5.02 Å². The van der Waals surface area contributed by atoms with Gasteiger partial charge in [0.2, 0.25) is 0 Å². The highest BCUT2D eigenvalue weighted by molar-refractivity contribution is 6.30. The Balaban J connectivity index is 3.05. The van der Waals surface area contributed by atoms with Crippen molar-refractivity contribution < 1.29 is 4.79 Å². The molecule has 0 saturated carbocycles. The summed E-state index contributed by atoms with van der Waals surface area (Å²) in [7, 11) is 0. The first-order valence-electron chi connectivity index (χ1n) is 4.45. The monoisotopic (exact) mass is 208 g/mol. The van der Waals surface area contributed by atoms with Crippen molar-refractivity contribution in [1.82, 2.24) is 0 Å². The zero-order chi connectivity index (χ0) is 10.6. The van der Waals surface area contributed by atoms with Gasteiger partial charge in [-0.05, 0) is 31.0 Å². The molecule has 0 spiro atoms. The molecule has 0 amide bonds. The van der Waals surface area contributed by atoms with E-state index >= 15 is 0 Å². The second kappa shape index (κ2) is 4.43. The smallest absolute Gasteiger partial charge is 0.130 e. The van der Waals surface area contributed by atoms with Gasteiger partial charge in [0.05, 0.1) is 5.41 Å². The standard InChI is InChI=1S/C12H13ClO/c1-3-8-12(2,9-14)10-4-6-11(13)7-5-10/h3-7,9H,1,8H2,2H3. The van der Waals surface area contributed by atoms with Gasteiger partial charge in [0.15, 0.2) is 0 Å². The van der Waals surface area contributed by atoms with Gasteiger partial charge in [-0.15, -0.1) is 6.58 Å². The third-order valence-electron chi connectivity index (χ3n) is 2.33. The van der Waals surface area contributed by atoms with Crippen LogP contribution in [0.3, 0.4) is 0 Å². The first kappa shape index (κ1) is 11.0. The molecule has 0 bridgehead atoms. The number of allylic oxidation sites excluding steroid dienone is 1. The Morgan fingerprint density at radius 1 is 1.43 bits per heavy atom. The Morgan fingerprint density at radius 2 is 2.00 bits per heavy atom. The molecule has 1 rings (SSSR count). The number of carbonyl (C=O) groups is 1. The van der Waals surface area contributed by atoms with Crippen molar-refractivity contribution in [3.05, 3.63) is 47.5 Å². The molecule has 0 aliphatic rings. The molecular formula is C12H13ClO. The van der Waals surface area contributed by atoms with Crippen LogP contribution in [0.1, 0.15) is 18.9 Å². The van der Waals surface area contributed by atoms with Crippen LogP contribution >= 0.6 is 11.6 Å². The van der Waals surface area contributed by atoms with E-state index in [0.717, 1.165) is 11.8 Å². The Hall–Kier alpha value is -1.08. The second-order valence-corrected chi connectivity index (χ2v) is 3.97. The highest BCUT2D eigenvalue weighted by atomic mass is 35.5. The number of aldehydes is 1. The minimum atomic E-state index is -0.480. The summed E-state index contributed by atoms with van der Waals surface area (Å²) in [6.07, 6.45) is 3.35. The van der Waals surface area contributed by atoms with Gasteiger partial charge in [-0.2, -0.15) is 0 Å². The lowest BCUT2D eigenvalue weighted by Crippen LogP contribution is -2.22. The van der Waals surface area contributed by atoms with E-state index in [4.69, 9.17) is 11.6 Å². The predicted octanol–water partition coefficient (Wildman–Crippen LogP) is 3.37. The number of hydrogen-bond donors (Lipinski definition) is 0. The topological polar surface area (TPSA) is 17.1 Å². The van der Waals surface area contributed by atoms with Crippen molar-refractivity contribution in [3.8, 4) is 0 Å². The molecule has 0 aliphatic heterocycles. The second-order valence-electron chi connectivity index (χ2n) is 3.54. The molecule has 0 fully saturated rings. The summed E-state index contributed by atoms with van der Waals surface area (Å²) in [6, 6.07) is 7.34. The maximum Gasteiger partial charge on any atom is 0.130 e. The average Bonchev–Trinajstić information content (AvgIpc) is 2.19. The highest BCUT2D eigenvalue weighted by Crippen LogP contribution is 2.26. The summed E-state index contributed by atoms with van der Waals surface area (Å²) in [5, 5.41) is 0.681. The van der Waals surface area contributed by atoms with Gasteiger partial charge in [-0.25, -0.2) is 0 Å². The van der Waals surface area contributed by atoms with E-state index in [1.807, 2.05) is 19.1 Å². The van der Waals surface area contributed by atoms with Crippen LogP contribution in [0.4, 0.5) is 0 Å². The minimum Gasteiger partial charge on any atom is -0.302 e. The normalized spacial score (nSPS) is 14.4. The fraction of sp³-hybridized carbons (Fsp3) is 0.250. The molecular weight excluding hydrogens is 196 g/mol. The van der Waals surface area contributed by atoms with E-state index in [-0.39, 0.29) is 0 Å². The fourth-order valence-electron chi connectivity index (χ4n) is 1.36. The van der Waals surface area contributed by atoms with Crippen molar-refractivity contribution in [2.75, 3.05) is 0 Å². The van der Waals surface area contributed by atoms with Gasteiger partial charge in [0.25, 0.3) is 0 Å². The lowest BCUT2D eigenvalue weighted by atomic mass is 9.81. The van der Waals surface area contributed by atoms with Crippen LogP contribution < -0.4 is 0 Å². The van der Waals surface area contributed by atoms with E-state index in [1.165, 1.54) is 0 Å². The van der Waals surface area contributed by atoms with Gasteiger partial charge < -0.3 is 4.79 Å². The van der Waals surface area contributed by atoms with Gasteiger partial charge in [0.1, 0.15) is 6.29 Å². The summed E-state index contributed by atoms with van der Waals surface area (Å²) >= 11 is 5.77. The minimum absolute atomic E-state index is 0.480. The first-order valence-corrected chi connectivity index (χ1v) is 4.83. The number of hydrogen-bond acceptors (Lipinski definition) is 1. The Kier molecular flexibility index (Phi) is 3.48. The van der Waals surface area contributed by atoms with Gasteiger partial charge >= 0.3 is 0 Å². The van der Waals surface area contributed by atoms with Crippen LogP contribution in [-0.2, 0) is 10.2 Å². The van der Waals surface area contributed by atoms with E-state index in [9.17, 15) is 4.79 Å². The molecule has 0 heterocycles. The Morgan fingerprint density at radius 3 is 2.43 bits per heavy atom. The lowest BCUT2D eigenvalue weighted by molar-refractivity contribution is -0.112. The van der Waals surface area contributed by atoms with E-state index in [1.54, 1.807) is 18.2 Å². The van der Waals surface area contributed by atoms with Crippen molar-refractivity contribution in [1.29, 1.82) is 0 Å². The molecule has 2 heteroatoms. The molecule has 1 aromatic carbocycles. The van der Waals surface area contributed by atoms with Crippen molar-refractivity contribution in [2.24, 2.45) is 0 Å². The molecule has 0 aliphatic carbocycles. The summed E-state index contributed by atoms with van der Waals surface area (Å²) in [4.78, 5) is 11.0. The highest BCUT2D eigenvalue weighted by Gasteiger charge is 2.23. The molecule has 14 heavy (non-hydrogen) atoms. The van der Waals surface area contributed by atoms with Crippen molar-refractivity contribution >= 4 is 17.9 Å². The maximum absolute atomic E-state index is 11.0. The number of halogens is 1. The summed E-state index contributed by atoms with van der Waals surface area (Å²) in [6.45, 7) is 5.55. The van der Waals surface area contributed by atoms with E-state index < -0.39 is 5.41 Å². The van der Waals surface area contributed by atoms with Crippen molar-refractivity contribution in [3.63, 3.8) is 0 Å². The number of benzene rings is 1. The lowest BCUT2D eigenvalue weighted by Gasteiger charge is -2.21. The first-order chi connectivity index (χ1) is 6.62. The molecule has 0 saturated heterocycles. The quantitative estimate of drug-likeness (QED) is 0.548. The largest absolute Gasteiger partial charge is 0.302 e.